The van der Waals surface area contributed by atoms with E-state index >= 15 is 0 Å². The first-order valence-electron chi connectivity index (χ1n) is 9.42. The van der Waals surface area contributed by atoms with Crippen LogP contribution < -0.4 is 4.87 Å². The van der Waals surface area contributed by atoms with E-state index in [1.54, 1.807) is 36.6 Å². The van der Waals surface area contributed by atoms with E-state index in [-0.39, 0.29) is 11.4 Å². The molecule has 160 valence electrons. The van der Waals surface area contributed by atoms with Crippen LogP contribution in [0.4, 0.5) is 0 Å². The number of hydrazone groups is 1. The highest BCUT2D eigenvalue weighted by molar-refractivity contribution is 7.07. The highest BCUT2D eigenvalue weighted by atomic mass is 35.5. The summed E-state index contributed by atoms with van der Waals surface area (Å²) in [7, 11) is 0. The molecule has 1 aliphatic rings. The van der Waals surface area contributed by atoms with Gasteiger partial charge in [-0.25, -0.2) is 5.01 Å². The quantitative estimate of drug-likeness (QED) is 0.527. The number of halogens is 1. The minimum Gasteiger partial charge on any atom is -0.467 e. The molecule has 1 aromatic carbocycles. The van der Waals surface area contributed by atoms with E-state index in [0.717, 1.165) is 16.9 Å². The standard InChI is InChI=1S/C21H18ClN3O5S/c1-13-12-31-21(28)24(13)10-20(27)30-11-19(26)25-17(18-3-2-8-29-18)9-16(23-25)14-4-6-15(22)7-5-14/h2-8,12,17H,9-11H2,1H3. The van der Waals surface area contributed by atoms with Gasteiger partial charge in [-0.2, -0.15) is 5.10 Å². The number of rotatable bonds is 6. The maximum Gasteiger partial charge on any atom is 0.326 e. The summed E-state index contributed by atoms with van der Waals surface area (Å²) < 4.78 is 11.9. The summed E-state index contributed by atoms with van der Waals surface area (Å²) in [6.07, 6.45) is 1.97. The van der Waals surface area contributed by atoms with Gasteiger partial charge in [0, 0.05) is 22.5 Å². The Bertz CT molecular complexity index is 1180. The zero-order chi connectivity index (χ0) is 22.0. The van der Waals surface area contributed by atoms with Crippen molar-refractivity contribution in [1.82, 2.24) is 9.58 Å². The lowest BCUT2D eigenvalue weighted by Crippen LogP contribution is -2.32. The van der Waals surface area contributed by atoms with Crippen molar-refractivity contribution in [3.05, 3.63) is 79.7 Å². The maximum atomic E-state index is 12.8. The molecule has 0 aliphatic carbocycles. The van der Waals surface area contributed by atoms with Gasteiger partial charge in [0.2, 0.25) is 0 Å². The number of carbonyl (C=O) groups excluding carboxylic acids is 2. The van der Waals surface area contributed by atoms with Crippen molar-refractivity contribution in [2.24, 2.45) is 5.10 Å². The molecule has 0 N–H and O–H groups in total. The Labute approximate surface area is 186 Å². The number of hydrogen-bond donors (Lipinski definition) is 0. The largest absolute Gasteiger partial charge is 0.467 e. The van der Waals surface area contributed by atoms with Crippen molar-refractivity contribution in [3.63, 3.8) is 0 Å². The summed E-state index contributed by atoms with van der Waals surface area (Å²) in [5.74, 6) is -0.589. The molecule has 4 rings (SSSR count). The molecular weight excluding hydrogens is 442 g/mol. The zero-order valence-corrected chi connectivity index (χ0v) is 18.1. The molecular formula is C21H18ClN3O5S. The van der Waals surface area contributed by atoms with E-state index in [1.165, 1.54) is 15.8 Å². The number of hydrogen-bond acceptors (Lipinski definition) is 7. The number of ether oxygens (including phenoxy) is 1. The normalized spacial score (nSPS) is 15.7. The number of nitrogens with zero attached hydrogens (tertiary/aromatic N) is 3. The van der Waals surface area contributed by atoms with Crippen molar-refractivity contribution >= 4 is 40.5 Å². The topological polar surface area (TPSA) is 94.1 Å². The van der Waals surface area contributed by atoms with E-state index in [4.69, 9.17) is 20.8 Å². The molecule has 31 heavy (non-hydrogen) atoms. The number of aryl methyl sites for hydroxylation is 1. The lowest BCUT2D eigenvalue weighted by atomic mass is 10.0. The van der Waals surface area contributed by atoms with Gasteiger partial charge in [-0.3, -0.25) is 19.0 Å². The fraction of sp³-hybridized carbons (Fsp3) is 0.238. The van der Waals surface area contributed by atoms with E-state index in [2.05, 4.69) is 5.10 Å². The summed E-state index contributed by atoms with van der Waals surface area (Å²) >= 11 is 6.96. The summed E-state index contributed by atoms with van der Waals surface area (Å²) in [4.78, 5) is 36.5. The van der Waals surface area contributed by atoms with Crippen LogP contribution in [-0.4, -0.2) is 33.8 Å². The smallest absolute Gasteiger partial charge is 0.326 e. The van der Waals surface area contributed by atoms with Crippen molar-refractivity contribution in [2.75, 3.05) is 6.61 Å². The summed E-state index contributed by atoms with van der Waals surface area (Å²) in [6, 6.07) is 10.2. The van der Waals surface area contributed by atoms with Gasteiger partial charge >= 0.3 is 10.8 Å². The van der Waals surface area contributed by atoms with E-state index in [9.17, 15) is 14.4 Å². The molecule has 0 saturated carbocycles. The number of esters is 1. The van der Waals surface area contributed by atoms with Crippen molar-refractivity contribution in [2.45, 2.75) is 25.9 Å². The third kappa shape index (κ3) is 4.62. The van der Waals surface area contributed by atoms with Gasteiger partial charge in [0.1, 0.15) is 18.3 Å². The average Bonchev–Trinajstić information content (AvgIpc) is 3.49. The Morgan fingerprint density at radius 1 is 1.29 bits per heavy atom. The Hall–Kier alpha value is -3.17. The molecule has 8 nitrogen and oxygen atoms in total. The molecule has 3 heterocycles. The molecule has 1 amide bonds. The highest BCUT2D eigenvalue weighted by Gasteiger charge is 2.35. The van der Waals surface area contributed by atoms with Gasteiger partial charge in [0.15, 0.2) is 6.61 Å². The second kappa shape index (κ2) is 8.91. The van der Waals surface area contributed by atoms with Crippen LogP contribution in [0.3, 0.4) is 0 Å². The number of aromatic nitrogens is 1. The van der Waals surface area contributed by atoms with Crippen molar-refractivity contribution < 1.29 is 18.7 Å². The second-order valence-corrected chi connectivity index (χ2v) is 8.17. The molecule has 0 saturated heterocycles. The van der Waals surface area contributed by atoms with E-state index < -0.39 is 24.5 Å². The van der Waals surface area contributed by atoms with Gasteiger partial charge < -0.3 is 9.15 Å². The number of amides is 1. The third-order valence-corrected chi connectivity index (χ3v) is 5.97. The fourth-order valence-electron chi connectivity index (χ4n) is 3.24. The Balaban J connectivity index is 1.47. The number of furan rings is 1. The zero-order valence-electron chi connectivity index (χ0n) is 16.5. The van der Waals surface area contributed by atoms with E-state index in [0.29, 0.717) is 28.6 Å². The van der Waals surface area contributed by atoms with Crippen LogP contribution in [0.25, 0.3) is 0 Å². The van der Waals surface area contributed by atoms with Gasteiger partial charge in [-0.15, -0.1) is 0 Å². The SMILES string of the molecule is Cc1csc(=O)n1CC(=O)OCC(=O)N1N=C(c2ccc(Cl)cc2)CC1c1ccco1. The highest BCUT2D eigenvalue weighted by Crippen LogP contribution is 2.33. The minimum atomic E-state index is -0.674. The molecule has 0 spiro atoms. The predicted octanol–water partition coefficient (Wildman–Crippen LogP) is 3.39. The van der Waals surface area contributed by atoms with Crippen LogP contribution in [0.15, 0.2) is 62.4 Å². The van der Waals surface area contributed by atoms with Crippen molar-refractivity contribution in [3.8, 4) is 0 Å². The van der Waals surface area contributed by atoms with Crippen molar-refractivity contribution in [1.29, 1.82) is 0 Å². The second-order valence-electron chi connectivity index (χ2n) is 6.92. The van der Waals surface area contributed by atoms with Gasteiger partial charge in [0.25, 0.3) is 5.91 Å². The minimum absolute atomic E-state index is 0.248. The van der Waals surface area contributed by atoms with Crippen LogP contribution >= 0.6 is 22.9 Å². The van der Waals surface area contributed by atoms with E-state index in [1.807, 2.05) is 12.1 Å². The molecule has 0 radical (unpaired) electrons. The predicted molar refractivity (Wildman–Crippen MR) is 115 cm³/mol. The Kier molecular flexibility index (Phi) is 6.06. The van der Waals surface area contributed by atoms with Gasteiger partial charge in [-0.05, 0) is 36.8 Å². The number of carbonyl (C=O) groups is 2. The van der Waals surface area contributed by atoms with Crippen LogP contribution in [0.2, 0.25) is 5.02 Å². The van der Waals surface area contributed by atoms with Crippen LogP contribution in [0.5, 0.6) is 0 Å². The first-order valence-corrected chi connectivity index (χ1v) is 10.7. The summed E-state index contributed by atoms with van der Waals surface area (Å²) in [5, 5.41) is 8.00. The average molecular weight is 460 g/mol. The lowest BCUT2D eigenvalue weighted by Gasteiger charge is -2.19. The fourth-order valence-corrected chi connectivity index (χ4v) is 4.10. The third-order valence-electron chi connectivity index (χ3n) is 4.84. The molecule has 1 atom stereocenters. The first kappa shape index (κ1) is 21.1. The molecule has 2 aromatic heterocycles. The maximum absolute atomic E-state index is 12.8. The Morgan fingerprint density at radius 2 is 2.06 bits per heavy atom. The van der Waals surface area contributed by atoms with Crippen LogP contribution in [0, 0.1) is 6.92 Å². The Morgan fingerprint density at radius 3 is 2.71 bits per heavy atom. The van der Waals surface area contributed by atoms with Gasteiger partial charge in [0.05, 0.1) is 12.0 Å². The van der Waals surface area contributed by atoms with Crippen LogP contribution in [0.1, 0.15) is 29.5 Å². The van der Waals surface area contributed by atoms with Crippen LogP contribution in [-0.2, 0) is 20.9 Å². The summed E-state index contributed by atoms with van der Waals surface area (Å²) in [6.45, 7) is 0.981. The molecule has 0 fully saturated rings. The molecule has 3 aromatic rings. The lowest BCUT2D eigenvalue weighted by molar-refractivity contribution is -0.153. The number of thiazole rings is 1. The molecule has 0 bridgehead atoms. The molecule has 10 heteroatoms. The van der Waals surface area contributed by atoms with Gasteiger partial charge in [-0.1, -0.05) is 35.1 Å². The molecule has 1 unspecified atom stereocenters. The number of benzene rings is 1. The molecule has 1 aliphatic heterocycles. The monoisotopic (exact) mass is 459 g/mol. The summed E-state index contributed by atoms with van der Waals surface area (Å²) in [5.41, 5.74) is 2.19. The first-order chi connectivity index (χ1) is 14.9.